The van der Waals surface area contributed by atoms with E-state index < -0.39 is 37.7 Å². The molecule has 2 atom stereocenters. The van der Waals surface area contributed by atoms with Crippen LogP contribution in [0.4, 0.5) is 5.69 Å². The number of ether oxygens (including phenoxy) is 2. The van der Waals surface area contributed by atoms with Gasteiger partial charge in [0.2, 0.25) is 0 Å². The van der Waals surface area contributed by atoms with E-state index in [1.165, 1.54) is 0 Å². The highest BCUT2D eigenvalue weighted by atomic mass is 31.2. The fourth-order valence-corrected chi connectivity index (χ4v) is 10.3. The van der Waals surface area contributed by atoms with Crippen LogP contribution in [0.25, 0.3) is 0 Å². The Hall–Kier alpha value is -3.83. The molecule has 0 saturated carbocycles. The topological polar surface area (TPSA) is 40.2 Å². The second-order valence-electron chi connectivity index (χ2n) is 15.7. The lowest BCUT2D eigenvalue weighted by Crippen LogP contribution is -2.53. The van der Waals surface area contributed by atoms with Gasteiger partial charge in [-0.05, 0) is 104 Å². The van der Waals surface area contributed by atoms with Gasteiger partial charge in [0.1, 0.15) is 12.2 Å². The lowest BCUT2D eigenvalue weighted by Gasteiger charge is -2.42. The summed E-state index contributed by atoms with van der Waals surface area (Å²) in [7, 11) is 0.213. The lowest BCUT2D eigenvalue weighted by molar-refractivity contribution is -0.174. The van der Waals surface area contributed by atoms with Crippen molar-refractivity contribution in [3.63, 3.8) is 0 Å². The molecule has 5 nitrogen and oxygen atoms in total. The zero-order valence-electron chi connectivity index (χ0n) is 32.5. The molecule has 2 fully saturated rings. The van der Waals surface area contributed by atoms with E-state index in [1.54, 1.807) is 0 Å². The number of hydrogen-bond acceptors (Lipinski definition) is 5. The lowest BCUT2D eigenvalue weighted by atomic mass is 9.70. The Morgan fingerprint density at radius 2 is 0.750 bits per heavy atom. The van der Waals surface area contributed by atoms with Crippen LogP contribution in [-0.4, -0.2) is 25.0 Å². The highest BCUT2D eigenvalue weighted by Gasteiger charge is 2.67. The first-order valence-electron chi connectivity index (χ1n) is 18.3. The summed E-state index contributed by atoms with van der Waals surface area (Å²) in [5.74, 6) is -0.959. The summed E-state index contributed by atoms with van der Waals surface area (Å²) in [4.78, 5) is 0. The van der Waals surface area contributed by atoms with E-state index in [4.69, 9.17) is 18.5 Å². The summed E-state index contributed by atoms with van der Waals surface area (Å²) in [5, 5.41) is 0. The van der Waals surface area contributed by atoms with Crippen LogP contribution in [-0.2, 0) is 29.7 Å². The third kappa shape index (κ3) is 6.52. The van der Waals surface area contributed by atoms with Crippen LogP contribution in [0.15, 0.2) is 103 Å². The quantitative estimate of drug-likeness (QED) is 0.164. The van der Waals surface area contributed by atoms with Crippen LogP contribution in [0.2, 0.25) is 0 Å². The molecule has 0 radical (unpaired) electrons. The molecule has 0 spiro atoms. The molecule has 2 aliphatic heterocycles. The Labute approximate surface area is 311 Å². The number of fused-ring (bicyclic) bond motifs is 1. The molecule has 0 aromatic heterocycles. The Balaban J connectivity index is 1.66. The predicted molar refractivity (Wildman–Crippen MR) is 213 cm³/mol. The smallest absolute Gasteiger partial charge is 0.292 e. The molecular formula is C46H52NO4P. The number of hydrogen-bond donors (Lipinski definition) is 0. The SMILES string of the molecule is Cc1cc(C)cc(C2(c3cc(C)cc(C)c3)OP(N(C)c3ccccc3)OC(c3cc(C)cc(C)c3)(c3cc(C)cc(C)c3)[C@@H]3OC(C)(C)O[C@H]32)c1. The summed E-state index contributed by atoms with van der Waals surface area (Å²) in [6.45, 7) is 21.3. The molecule has 7 rings (SSSR count). The Kier molecular flexibility index (Phi) is 9.51. The van der Waals surface area contributed by atoms with Gasteiger partial charge in [-0.2, -0.15) is 0 Å². The van der Waals surface area contributed by atoms with Crippen LogP contribution in [0.5, 0.6) is 0 Å². The summed E-state index contributed by atoms with van der Waals surface area (Å²) < 4.78 is 32.6. The number of para-hydroxylation sites is 1. The molecule has 2 heterocycles. The number of anilines is 1. The number of benzene rings is 5. The van der Waals surface area contributed by atoms with Gasteiger partial charge in [-0.3, -0.25) is 9.05 Å². The molecule has 5 aromatic carbocycles. The number of nitrogens with zero attached hydrogens (tertiary/aromatic N) is 1. The summed E-state index contributed by atoms with van der Waals surface area (Å²) in [6, 6.07) is 37.3. The van der Waals surface area contributed by atoms with Crippen molar-refractivity contribution < 1.29 is 18.5 Å². The molecule has 0 bridgehead atoms. The zero-order valence-corrected chi connectivity index (χ0v) is 33.4. The highest BCUT2D eigenvalue weighted by molar-refractivity contribution is 7.49. The van der Waals surface area contributed by atoms with Gasteiger partial charge in [-0.1, -0.05) is 136 Å². The van der Waals surface area contributed by atoms with E-state index in [9.17, 15) is 0 Å². The minimum atomic E-state index is -1.87. The molecule has 0 N–H and O–H groups in total. The standard InChI is InChI=1S/C46H52NO4P/c1-29-17-30(2)22-37(21-29)45(38-23-31(3)18-32(4)24-38)42-43(49-44(9,10)48-42)46(39-25-33(5)19-34(6)26-39,40-27-35(7)20-36(8)28-40)51-52(50-45)47(11)41-15-13-12-14-16-41/h12-28,42-43H,1-11H3/t42-,43-/m1/s1. The molecule has 270 valence electrons. The van der Waals surface area contributed by atoms with Crippen LogP contribution >= 0.6 is 8.53 Å². The van der Waals surface area contributed by atoms with Gasteiger partial charge in [-0.25, -0.2) is 0 Å². The van der Waals surface area contributed by atoms with Crippen molar-refractivity contribution in [3.8, 4) is 0 Å². The first-order chi connectivity index (χ1) is 24.6. The number of rotatable bonds is 6. The molecule has 6 heteroatoms. The average Bonchev–Trinajstić information content (AvgIpc) is 3.32. The first kappa shape index (κ1) is 36.5. The van der Waals surface area contributed by atoms with E-state index in [1.807, 2.05) is 19.9 Å². The Morgan fingerprint density at radius 3 is 1.04 bits per heavy atom. The maximum atomic E-state index is 7.90. The largest absolute Gasteiger partial charge is 0.341 e. The van der Waals surface area contributed by atoms with Crippen LogP contribution in [0, 0.1) is 55.4 Å². The van der Waals surface area contributed by atoms with Crippen LogP contribution in [0.1, 0.15) is 80.6 Å². The number of aryl methyl sites for hydroxylation is 8. The van der Waals surface area contributed by atoms with Gasteiger partial charge < -0.3 is 14.1 Å². The van der Waals surface area contributed by atoms with Crippen molar-refractivity contribution >= 4 is 14.2 Å². The maximum absolute atomic E-state index is 7.90. The summed E-state index contributed by atoms with van der Waals surface area (Å²) >= 11 is 0. The van der Waals surface area contributed by atoms with E-state index in [0.717, 1.165) is 72.4 Å². The molecular weight excluding hydrogens is 661 g/mol. The molecule has 2 saturated heterocycles. The Bertz CT molecular complexity index is 1810. The minimum Gasteiger partial charge on any atom is -0.341 e. The Morgan fingerprint density at radius 1 is 0.462 bits per heavy atom. The van der Waals surface area contributed by atoms with Gasteiger partial charge in [0.05, 0.1) is 0 Å². The van der Waals surface area contributed by atoms with E-state index in [-0.39, 0.29) is 0 Å². The van der Waals surface area contributed by atoms with Gasteiger partial charge in [0, 0.05) is 12.7 Å². The van der Waals surface area contributed by atoms with Crippen molar-refractivity contribution in [2.45, 2.75) is 98.4 Å². The van der Waals surface area contributed by atoms with Gasteiger partial charge >= 0.3 is 0 Å². The van der Waals surface area contributed by atoms with Crippen molar-refractivity contribution in [1.29, 1.82) is 0 Å². The van der Waals surface area contributed by atoms with E-state index >= 15 is 0 Å². The molecule has 52 heavy (non-hydrogen) atoms. The average molecular weight is 714 g/mol. The first-order valence-corrected chi connectivity index (χ1v) is 19.4. The fourth-order valence-electron chi connectivity index (χ4n) is 8.54. The van der Waals surface area contributed by atoms with E-state index in [0.29, 0.717) is 0 Å². The monoisotopic (exact) mass is 713 g/mol. The van der Waals surface area contributed by atoms with Crippen molar-refractivity contribution in [2.24, 2.45) is 0 Å². The zero-order chi connectivity index (χ0) is 37.2. The summed E-state index contributed by atoms with van der Waals surface area (Å²) in [5.41, 5.74) is 12.0. The molecule has 5 aromatic rings. The predicted octanol–water partition coefficient (Wildman–Crippen LogP) is 11.3. The van der Waals surface area contributed by atoms with Crippen LogP contribution in [0.3, 0.4) is 0 Å². The molecule has 2 aliphatic rings. The van der Waals surface area contributed by atoms with Gasteiger partial charge in [-0.15, -0.1) is 0 Å². The van der Waals surface area contributed by atoms with Crippen molar-refractivity contribution in [1.82, 2.24) is 0 Å². The highest BCUT2D eigenvalue weighted by Crippen LogP contribution is 2.66. The molecule has 0 unspecified atom stereocenters. The molecule has 0 amide bonds. The normalized spacial score (nSPS) is 20.7. The van der Waals surface area contributed by atoms with Crippen molar-refractivity contribution in [2.75, 3.05) is 11.7 Å². The van der Waals surface area contributed by atoms with Gasteiger partial charge in [0.25, 0.3) is 8.53 Å². The van der Waals surface area contributed by atoms with E-state index in [2.05, 4.69) is 164 Å². The van der Waals surface area contributed by atoms with Crippen LogP contribution < -0.4 is 4.67 Å². The second-order valence-corrected chi connectivity index (χ2v) is 17.2. The summed E-state index contributed by atoms with van der Waals surface area (Å²) in [6.07, 6.45) is -1.27. The third-order valence-electron chi connectivity index (χ3n) is 10.3. The van der Waals surface area contributed by atoms with Crippen molar-refractivity contribution in [3.05, 3.63) is 170 Å². The third-order valence-corrected chi connectivity index (χ3v) is 11.9. The molecule has 0 aliphatic carbocycles. The van der Waals surface area contributed by atoms with Gasteiger partial charge in [0.15, 0.2) is 17.0 Å². The minimum absolute atomic E-state index is 0.636. The second kappa shape index (κ2) is 13.5. The maximum Gasteiger partial charge on any atom is 0.292 e. The fraction of sp³-hybridized carbons (Fsp3) is 0.348.